The smallest absolute Gasteiger partial charge is 0.407 e. The lowest BCUT2D eigenvalue weighted by Crippen LogP contribution is -2.53. The molecule has 0 saturated heterocycles. The number of alkyl carbamates (subject to hydrolysis) is 1. The Bertz CT molecular complexity index is 514. The lowest BCUT2D eigenvalue weighted by atomic mass is 9.95. The van der Waals surface area contributed by atoms with Crippen molar-refractivity contribution in [1.82, 2.24) is 10.6 Å². The molecule has 5 nitrogen and oxygen atoms in total. The van der Waals surface area contributed by atoms with Crippen LogP contribution in [-0.2, 0) is 11.3 Å². The van der Waals surface area contributed by atoms with Gasteiger partial charge in [0, 0.05) is 12.1 Å². The highest BCUT2D eigenvalue weighted by atomic mass is 16.6. The summed E-state index contributed by atoms with van der Waals surface area (Å²) in [5, 5.41) is 6.43. The van der Waals surface area contributed by atoms with Crippen molar-refractivity contribution in [2.45, 2.75) is 65.1 Å². The topological polar surface area (TPSA) is 63.5 Å². The van der Waals surface area contributed by atoms with Gasteiger partial charge in [-0.1, -0.05) is 0 Å². The quantitative estimate of drug-likeness (QED) is 0.845. The fourth-order valence-electron chi connectivity index (χ4n) is 2.51. The summed E-state index contributed by atoms with van der Waals surface area (Å²) in [4.78, 5) is 11.8. The summed E-state index contributed by atoms with van der Waals surface area (Å²) in [5.74, 6) is 2.41. The third-order valence-electron chi connectivity index (χ3n) is 3.94. The molecule has 1 aromatic heterocycles. The van der Waals surface area contributed by atoms with E-state index in [0.29, 0.717) is 19.0 Å². The van der Waals surface area contributed by atoms with Gasteiger partial charge in [-0.3, -0.25) is 0 Å². The molecule has 1 heterocycles. The highest BCUT2D eigenvalue weighted by molar-refractivity contribution is 5.67. The molecule has 22 heavy (non-hydrogen) atoms. The SMILES string of the molecule is Cc1ccc(CNC(C)(CNC(=O)OC(C)(C)C)C2CC2)o1. The van der Waals surface area contributed by atoms with E-state index in [-0.39, 0.29) is 11.6 Å². The standard InChI is InChI=1S/C17H28N2O3/c1-12-6-9-14(21-12)10-19-17(5,13-7-8-13)11-18-15(20)22-16(2,3)4/h6,9,13,19H,7-8,10-11H2,1-5H3,(H,18,20). The zero-order valence-electron chi connectivity index (χ0n) is 14.3. The molecule has 1 fully saturated rings. The van der Waals surface area contributed by atoms with Crippen LogP contribution in [0.4, 0.5) is 4.79 Å². The minimum atomic E-state index is -0.473. The monoisotopic (exact) mass is 308 g/mol. The number of furan rings is 1. The van der Waals surface area contributed by atoms with Gasteiger partial charge in [0.05, 0.1) is 6.54 Å². The van der Waals surface area contributed by atoms with Crippen LogP contribution in [0.1, 0.15) is 52.1 Å². The van der Waals surface area contributed by atoms with Crippen LogP contribution in [-0.4, -0.2) is 23.8 Å². The Morgan fingerprint density at radius 3 is 2.50 bits per heavy atom. The molecule has 2 N–H and O–H groups in total. The predicted molar refractivity (Wildman–Crippen MR) is 85.7 cm³/mol. The van der Waals surface area contributed by atoms with Crippen LogP contribution < -0.4 is 10.6 Å². The largest absolute Gasteiger partial charge is 0.465 e. The summed E-state index contributed by atoms with van der Waals surface area (Å²) in [6.07, 6.45) is 2.02. The van der Waals surface area contributed by atoms with E-state index in [1.165, 1.54) is 12.8 Å². The molecule has 1 saturated carbocycles. The van der Waals surface area contributed by atoms with Gasteiger partial charge < -0.3 is 19.8 Å². The first-order valence-corrected chi connectivity index (χ1v) is 7.95. The van der Waals surface area contributed by atoms with Crippen LogP contribution in [0.5, 0.6) is 0 Å². The van der Waals surface area contributed by atoms with Gasteiger partial charge in [0.1, 0.15) is 17.1 Å². The molecule has 0 spiro atoms. The summed E-state index contributed by atoms with van der Waals surface area (Å²) < 4.78 is 10.9. The molecule has 124 valence electrons. The second-order valence-corrected chi connectivity index (χ2v) is 7.41. The van der Waals surface area contributed by atoms with Crippen molar-refractivity contribution in [2.75, 3.05) is 6.54 Å². The average molecular weight is 308 g/mol. The van der Waals surface area contributed by atoms with Crippen molar-refractivity contribution >= 4 is 6.09 Å². The zero-order chi connectivity index (χ0) is 16.4. The Kier molecular flexibility index (Phi) is 4.85. The van der Waals surface area contributed by atoms with E-state index < -0.39 is 5.60 Å². The van der Waals surface area contributed by atoms with Crippen LogP contribution in [0.3, 0.4) is 0 Å². The highest BCUT2D eigenvalue weighted by Crippen LogP contribution is 2.39. The number of aryl methyl sites for hydroxylation is 1. The molecule has 0 aromatic carbocycles. The maximum Gasteiger partial charge on any atom is 0.407 e. The average Bonchev–Trinajstić information content (AvgIpc) is 3.16. The molecule has 1 aliphatic carbocycles. The Labute approximate surface area is 132 Å². The molecule has 1 amide bonds. The van der Waals surface area contributed by atoms with Gasteiger partial charge in [-0.15, -0.1) is 0 Å². The molecular weight excluding hydrogens is 280 g/mol. The number of hydrogen-bond acceptors (Lipinski definition) is 4. The van der Waals surface area contributed by atoms with E-state index >= 15 is 0 Å². The fraction of sp³-hybridized carbons (Fsp3) is 0.706. The lowest BCUT2D eigenvalue weighted by Gasteiger charge is -2.31. The minimum Gasteiger partial charge on any atom is -0.465 e. The van der Waals surface area contributed by atoms with Crippen molar-refractivity contribution in [3.05, 3.63) is 23.7 Å². The first-order valence-electron chi connectivity index (χ1n) is 7.95. The van der Waals surface area contributed by atoms with Crippen LogP contribution in [0.2, 0.25) is 0 Å². The Morgan fingerprint density at radius 2 is 2.00 bits per heavy atom. The van der Waals surface area contributed by atoms with Gasteiger partial charge in [0.25, 0.3) is 0 Å². The van der Waals surface area contributed by atoms with Gasteiger partial charge >= 0.3 is 6.09 Å². The van der Waals surface area contributed by atoms with Crippen molar-refractivity contribution in [3.63, 3.8) is 0 Å². The van der Waals surface area contributed by atoms with E-state index in [9.17, 15) is 4.79 Å². The maximum atomic E-state index is 11.8. The second-order valence-electron chi connectivity index (χ2n) is 7.41. The van der Waals surface area contributed by atoms with E-state index in [4.69, 9.17) is 9.15 Å². The Morgan fingerprint density at radius 1 is 1.32 bits per heavy atom. The van der Waals surface area contributed by atoms with Crippen molar-refractivity contribution in [2.24, 2.45) is 5.92 Å². The number of ether oxygens (including phenoxy) is 1. The number of carbonyl (C=O) groups is 1. The number of carbonyl (C=O) groups excluding carboxylic acids is 1. The van der Waals surface area contributed by atoms with Gasteiger partial charge in [-0.25, -0.2) is 4.79 Å². The Balaban J connectivity index is 1.86. The second kappa shape index (κ2) is 6.32. The maximum absolute atomic E-state index is 11.8. The van der Waals surface area contributed by atoms with Crippen molar-refractivity contribution in [3.8, 4) is 0 Å². The van der Waals surface area contributed by atoms with E-state index in [0.717, 1.165) is 11.5 Å². The molecular formula is C17H28N2O3. The Hall–Kier alpha value is -1.49. The van der Waals surface area contributed by atoms with Crippen LogP contribution >= 0.6 is 0 Å². The van der Waals surface area contributed by atoms with Gasteiger partial charge in [0.2, 0.25) is 0 Å². The normalized spacial score (nSPS) is 17.9. The summed E-state index contributed by atoms with van der Waals surface area (Å²) in [7, 11) is 0. The fourth-order valence-corrected chi connectivity index (χ4v) is 2.51. The summed E-state index contributed by atoms with van der Waals surface area (Å²) in [5.41, 5.74) is -0.614. The highest BCUT2D eigenvalue weighted by Gasteiger charge is 2.41. The third kappa shape index (κ3) is 5.05. The lowest BCUT2D eigenvalue weighted by molar-refractivity contribution is 0.0507. The molecule has 1 atom stereocenters. The van der Waals surface area contributed by atoms with Gasteiger partial charge in [-0.05, 0) is 65.5 Å². The minimum absolute atomic E-state index is 0.141. The van der Waals surface area contributed by atoms with Crippen molar-refractivity contribution in [1.29, 1.82) is 0 Å². The summed E-state index contributed by atoms with van der Waals surface area (Å²) in [6, 6.07) is 3.95. The van der Waals surface area contributed by atoms with Gasteiger partial charge in [0.15, 0.2) is 0 Å². The molecule has 2 rings (SSSR count). The molecule has 1 aliphatic rings. The van der Waals surface area contributed by atoms with Crippen LogP contribution in [0.25, 0.3) is 0 Å². The summed E-state index contributed by atoms with van der Waals surface area (Å²) >= 11 is 0. The van der Waals surface area contributed by atoms with E-state index in [1.54, 1.807) is 0 Å². The number of hydrogen-bond donors (Lipinski definition) is 2. The first kappa shape index (κ1) is 16.9. The third-order valence-corrected chi connectivity index (χ3v) is 3.94. The first-order chi connectivity index (χ1) is 10.2. The molecule has 0 radical (unpaired) electrons. The number of amides is 1. The van der Waals surface area contributed by atoms with E-state index in [2.05, 4.69) is 17.6 Å². The van der Waals surface area contributed by atoms with Crippen molar-refractivity contribution < 1.29 is 13.9 Å². The van der Waals surface area contributed by atoms with Gasteiger partial charge in [-0.2, -0.15) is 0 Å². The summed E-state index contributed by atoms with van der Waals surface area (Å²) in [6.45, 7) is 10.9. The molecule has 5 heteroatoms. The molecule has 1 aromatic rings. The zero-order valence-corrected chi connectivity index (χ0v) is 14.3. The molecule has 0 bridgehead atoms. The molecule has 0 aliphatic heterocycles. The number of nitrogens with one attached hydrogen (secondary N) is 2. The number of rotatable bonds is 6. The van der Waals surface area contributed by atoms with Crippen LogP contribution in [0.15, 0.2) is 16.5 Å². The molecule has 1 unspecified atom stereocenters. The predicted octanol–water partition coefficient (Wildman–Crippen LogP) is 3.37. The van der Waals surface area contributed by atoms with Crippen LogP contribution in [0, 0.1) is 12.8 Å². The van der Waals surface area contributed by atoms with E-state index in [1.807, 2.05) is 39.8 Å².